The number of hydrogen-bond acceptors (Lipinski definition) is 4. The van der Waals surface area contributed by atoms with Crippen LogP contribution in [0.25, 0.3) is 6.08 Å². The van der Waals surface area contributed by atoms with E-state index in [1.165, 1.54) is 12.1 Å². The molecular weight excluding hydrogens is 256 g/mol. The number of alkyl carbamates (subject to hydrolysis) is 1. The number of aromatic hydroxyl groups is 1. The summed E-state index contributed by atoms with van der Waals surface area (Å²) >= 11 is 0. The van der Waals surface area contributed by atoms with Gasteiger partial charge < -0.3 is 15.2 Å². The van der Waals surface area contributed by atoms with Crippen LogP contribution in [-0.2, 0) is 4.74 Å². The summed E-state index contributed by atoms with van der Waals surface area (Å²) < 4.78 is 5.08. The summed E-state index contributed by atoms with van der Waals surface area (Å²) in [7, 11) is 0. The summed E-state index contributed by atoms with van der Waals surface area (Å²) in [5.41, 5.74) is 0.453. The zero-order chi connectivity index (χ0) is 15.2. The number of amides is 1. The summed E-state index contributed by atoms with van der Waals surface area (Å²) in [6.45, 7) is 5.70. The van der Waals surface area contributed by atoms with E-state index in [-0.39, 0.29) is 11.3 Å². The highest BCUT2D eigenvalue weighted by Crippen LogP contribution is 2.18. The lowest BCUT2D eigenvalue weighted by Gasteiger charge is -2.19. The Morgan fingerprint density at radius 2 is 2.20 bits per heavy atom. The maximum absolute atomic E-state index is 11.4. The Morgan fingerprint density at radius 1 is 1.50 bits per heavy atom. The van der Waals surface area contributed by atoms with E-state index < -0.39 is 11.7 Å². The van der Waals surface area contributed by atoms with Gasteiger partial charge >= 0.3 is 6.09 Å². The minimum atomic E-state index is -0.521. The Kier molecular flexibility index (Phi) is 5.15. The molecule has 1 rings (SSSR count). The van der Waals surface area contributed by atoms with Gasteiger partial charge in [-0.1, -0.05) is 18.2 Å². The van der Waals surface area contributed by atoms with Gasteiger partial charge in [-0.15, -0.1) is 0 Å². The number of carbonyl (C=O) groups is 1. The molecule has 0 heterocycles. The molecule has 0 saturated heterocycles. The number of nitrogens with zero attached hydrogens (tertiary/aromatic N) is 1. The van der Waals surface area contributed by atoms with E-state index in [2.05, 4.69) is 5.32 Å². The molecule has 1 aromatic rings. The number of hydrogen-bond donors (Lipinski definition) is 2. The molecule has 0 aliphatic heterocycles. The molecule has 0 aliphatic carbocycles. The first kappa shape index (κ1) is 15.6. The van der Waals surface area contributed by atoms with Crippen LogP contribution in [0.3, 0.4) is 0 Å². The predicted octanol–water partition coefficient (Wildman–Crippen LogP) is 2.80. The number of rotatable bonds is 3. The third-order valence-electron chi connectivity index (χ3n) is 2.22. The van der Waals surface area contributed by atoms with E-state index in [1.807, 2.05) is 6.07 Å². The fourth-order valence-corrected chi connectivity index (χ4v) is 1.40. The van der Waals surface area contributed by atoms with Crippen LogP contribution in [0.1, 0.15) is 31.9 Å². The van der Waals surface area contributed by atoms with Crippen LogP contribution in [0, 0.1) is 11.3 Å². The van der Waals surface area contributed by atoms with Gasteiger partial charge in [0.2, 0.25) is 0 Å². The molecule has 0 bridgehead atoms. The third-order valence-corrected chi connectivity index (χ3v) is 2.22. The van der Waals surface area contributed by atoms with E-state index in [1.54, 1.807) is 39.0 Å². The largest absolute Gasteiger partial charge is 0.507 e. The maximum Gasteiger partial charge on any atom is 0.407 e. The van der Waals surface area contributed by atoms with Crippen LogP contribution in [0.5, 0.6) is 5.75 Å². The molecule has 20 heavy (non-hydrogen) atoms. The Morgan fingerprint density at radius 3 is 2.75 bits per heavy atom. The van der Waals surface area contributed by atoms with Gasteiger partial charge in [0.1, 0.15) is 17.4 Å². The number of nitriles is 1. The number of ether oxygens (including phenoxy) is 1. The highest BCUT2D eigenvalue weighted by molar-refractivity contribution is 5.68. The van der Waals surface area contributed by atoms with Gasteiger partial charge in [-0.05, 0) is 38.5 Å². The lowest BCUT2D eigenvalue weighted by Crippen LogP contribution is -2.32. The fraction of sp³-hybridized carbons (Fsp3) is 0.333. The summed E-state index contributed by atoms with van der Waals surface area (Å²) in [5.74, 6) is -0.0604. The second kappa shape index (κ2) is 6.62. The van der Waals surface area contributed by atoms with Crippen LogP contribution in [0.2, 0.25) is 0 Å². The molecule has 5 nitrogen and oxygen atoms in total. The molecule has 106 valence electrons. The van der Waals surface area contributed by atoms with E-state index in [0.717, 1.165) is 5.56 Å². The summed E-state index contributed by atoms with van der Waals surface area (Å²) in [5, 5.41) is 20.8. The molecule has 0 saturated carbocycles. The van der Waals surface area contributed by atoms with Crippen molar-refractivity contribution in [3.8, 4) is 11.8 Å². The average molecular weight is 274 g/mol. The van der Waals surface area contributed by atoms with Gasteiger partial charge in [-0.3, -0.25) is 0 Å². The second-order valence-corrected chi connectivity index (χ2v) is 5.17. The molecule has 1 amide bonds. The van der Waals surface area contributed by atoms with Crippen LogP contribution in [0.15, 0.2) is 24.3 Å². The van der Waals surface area contributed by atoms with Crippen molar-refractivity contribution in [1.82, 2.24) is 5.32 Å². The van der Waals surface area contributed by atoms with Crippen molar-refractivity contribution in [1.29, 1.82) is 5.26 Å². The monoisotopic (exact) mass is 274 g/mol. The smallest absolute Gasteiger partial charge is 0.407 e. The number of nitrogens with one attached hydrogen (secondary N) is 1. The number of phenols is 1. The topological polar surface area (TPSA) is 82.3 Å². The fourth-order valence-electron chi connectivity index (χ4n) is 1.40. The van der Waals surface area contributed by atoms with E-state index >= 15 is 0 Å². The van der Waals surface area contributed by atoms with E-state index in [4.69, 9.17) is 10.00 Å². The number of carbonyl (C=O) groups excluding carboxylic acids is 1. The van der Waals surface area contributed by atoms with Crippen molar-refractivity contribution in [2.45, 2.75) is 26.4 Å². The van der Waals surface area contributed by atoms with Gasteiger partial charge in [0, 0.05) is 6.54 Å². The van der Waals surface area contributed by atoms with E-state index in [0.29, 0.717) is 6.54 Å². The molecule has 0 unspecified atom stereocenters. The minimum absolute atomic E-state index is 0.0604. The van der Waals surface area contributed by atoms with Crippen LogP contribution in [-0.4, -0.2) is 23.3 Å². The van der Waals surface area contributed by atoms with Crippen molar-refractivity contribution >= 4 is 12.2 Å². The Labute approximate surface area is 118 Å². The zero-order valence-electron chi connectivity index (χ0n) is 11.8. The Bertz CT molecular complexity index is 551. The maximum atomic E-state index is 11.4. The SMILES string of the molecule is CC(C)(C)OC(=O)NCC=Cc1ccc(C#N)c(O)c1. The molecule has 0 radical (unpaired) electrons. The highest BCUT2D eigenvalue weighted by Gasteiger charge is 2.14. The zero-order valence-corrected chi connectivity index (χ0v) is 11.8. The Hall–Kier alpha value is -2.48. The molecule has 0 spiro atoms. The lowest BCUT2D eigenvalue weighted by molar-refractivity contribution is 0.0534. The van der Waals surface area contributed by atoms with Gasteiger partial charge in [-0.25, -0.2) is 4.79 Å². The van der Waals surface area contributed by atoms with Gasteiger partial charge in [-0.2, -0.15) is 5.26 Å². The first-order valence-corrected chi connectivity index (χ1v) is 6.18. The van der Waals surface area contributed by atoms with Crippen molar-refractivity contribution < 1.29 is 14.6 Å². The first-order chi connectivity index (χ1) is 9.31. The Balaban J connectivity index is 2.48. The molecule has 0 aromatic heterocycles. The minimum Gasteiger partial charge on any atom is -0.507 e. The van der Waals surface area contributed by atoms with Gasteiger partial charge in [0.05, 0.1) is 5.56 Å². The summed E-state index contributed by atoms with van der Waals surface area (Å²) in [6.07, 6.45) is 2.98. The third kappa shape index (κ3) is 5.44. The quantitative estimate of drug-likeness (QED) is 0.887. The van der Waals surface area contributed by atoms with Crippen molar-refractivity contribution in [3.05, 3.63) is 35.4 Å². The summed E-state index contributed by atoms with van der Waals surface area (Å²) in [6, 6.07) is 6.62. The second-order valence-electron chi connectivity index (χ2n) is 5.17. The number of benzene rings is 1. The van der Waals surface area contributed by atoms with Crippen LogP contribution < -0.4 is 5.32 Å². The van der Waals surface area contributed by atoms with Crippen molar-refractivity contribution in [2.75, 3.05) is 6.54 Å². The van der Waals surface area contributed by atoms with Gasteiger partial charge in [0.15, 0.2) is 0 Å². The predicted molar refractivity (Wildman–Crippen MR) is 76.1 cm³/mol. The summed E-state index contributed by atoms with van der Waals surface area (Å²) in [4.78, 5) is 11.4. The molecule has 0 aliphatic rings. The molecule has 0 atom stereocenters. The molecule has 0 fully saturated rings. The normalized spacial score (nSPS) is 11.1. The first-order valence-electron chi connectivity index (χ1n) is 6.18. The molecular formula is C15H18N2O3. The number of phenolic OH excluding ortho intramolecular Hbond substituents is 1. The van der Waals surface area contributed by atoms with Crippen LogP contribution >= 0.6 is 0 Å². The highest BCUT2D eigenvalue weighted by atomic mass is 16.6. The van der Waals surface area contributed by atoms with Crippen LogP contribution in [0.4, 0.5) is 4.79 Å². The standard InChI is InChI=1S/C15H18N2O3/c1-15(2,3)20-14(19)17-8-4-5-11-6-7-12(10-16)13(18)9-11/h4-7,9,18H,8H2,1-3H3,(H,17,19). The van der Waals surface area contributed by atoms with Gasteiger partial charge in [0.25, 0.3) is 0 Å². The average Bonchev–Trinajstić information content (AvgIpc) is 2.33. The molecule has 2 N–H and O–H groups in total. The molecule has 1 aromatic carbocycles. The van der Waals surface area contributed by atoms with Crippen molar-refractivity contribution in [3.63, 3.8) is 0 Å². The lowest BCUT2D eigenvalue weighted by atomic mass is 10.1. The molecule has 5 heteroatoms. The van der Waals surface area contributed by atoms with E-state index in [9.17, 15) is 9.90 Å². The van der Waals surface area contributed by atoms with Crippen molar-refractivity contribution in [2.24, 2.45) is 0 Å².